The van der Waals surface area contributed by atoms with Crippen LogP contribution in [0.2, 0.25) is 0 Å². The first-order chi connectivity index (χ1) is 12.5. The lowest BCUT2D eigenvalue weighted by molar-refractivity contribution is 0.275. The minimum absolute atomic E-state index is 0.0507. The fourth-order valence-electron chi connectivity index (χ4n) is 2.71. The fourth-order valence-corrected chi connectivity index (χ4v) is 4.34. The second-order valence-corrected chi connectivity index (χ2v) is 8.20. The molecule has 1 aromatic heterocycles. The van der Waals surface area contributed by atoms with Crippen molar-refractivity contribution in [3.05, 3.63) is 66.4 Å². The normalized spacial score (nSPS) is 12.5. The summed E-state index contributed by atoms with van der Waals surface area (Å²) in [5.41, 5.74) is 1.16. The molecule has 0 aliphatic carbocycles. The molecule has 3 rings (SSSR count). The zero-order chi connectivity index (χ0) is 18.6. The van der Waals surface area contributed by atoms with Gasteiger partial charge in [0.15, 0.2) is 9.84 Å². The largest absolute Gasteiger partial charge is 0.493 e. The third kappa shape index (κ3) is 4.01. The first-order valence-electron chi connectivity index (χ1n) is 8.19. The van der Waals surface area contributed by atoms with Gasteiger partial charge in [0.05, 0.1) is 34.4 Å². The molecule has 0 saturated carbocycles. The standard InChI is InChI=1S/C20H18N2O3S/c1-15(14-26(23,24)17-6-2-5-16(11-17)12-21)13-25-20-9-3-8-19-18(20)7-4-10-22-19/h2-11,15H,13-14H2,1H3/t15-/m0/s1. The van der Waals surface area contributed by atoms with Crippen LogP contribution in [0.4, 0.5) is 0 Å². The topological polar surface area (TPSA) is 80.0 Å². The van der Waals surface area contributed by atoms with Crippen LogP contribution in [0, 0.1) is 17.2 Å². The van der Waals surface area contributed by atoms with Gasteiger partial charge in [-0.05, 0) is 42.5 Å². The average molecular weight is 366 g/mol. The smallest absolute Gasteiger partial charge is 0.178 e. The van der Waals surface area contributed by atoms with Crippen molar-refractivity contribution in [1.29, 1.82) is 5.26 Å². The van der Waals surface area contributed by atoms with E-state index in [4.69, 9.17) is 10.00 Å². The molecule has 132 valence electrons. The lowest BCUT2D eigenvalue weighted by Gasteiger charge is -2.15. The maximum Gasteiger partial charge on any atom is 0.178 e. The Labute approximate surface area is 152 Å². The molecule has 0 N–H and O–H groups in total. The Morgan fingerprint density at radius 3 is 2.77 bits per heavy atom. The van der Waals surface area contributed by atoms with Crippen molar-refractivity contribution in [3.63, 3.8) is 0 Å². The summed E-state index contributed by atoms with van der Waals surface area (Å²) in [6.45, 7) is 2.10. The van der Waals surface area contributed by atoms with Crippen molar-refractivity contribution in [2.75, 3.05) is 12.4 Å². The third-order valence-electron chi connectivity index (χ3n) is 3.96. The Bertz CT molecular complexity index is 1070. The number of fused-ring (bicyclic) bond motifs is 1. The number of aromatic nitrogens is 1. The van der Waals surface area contributed by atoms with E-state index < -0.39 is 9.84 Å². The van der Waals surface area contributed by atoms with Gasteiger partial charge in [0, 0.05) is 17.5 Å². The molecule has 1 atom stereocenters. The number of sulfone groups is 1. The first-order valence-corrected chi connectivity index (χ1v) is 9.84. The average Bonchev–Trinajstić information content (AvgIpc) is 2.66. The van der Waals surface area contributed by atoms with Gasteiger partial charge >= 0.3 is 0 Å². The molecule has 0 fully saturated rings. The SMILES string of the molecule is C[C@@H](COc1cccc2ncccc12)CS(=O)(=O)c1cccc(C#N)c1. The number of ether oxygens (including phenoxy) is 1. The predicted octanol–water partition coefficient (Wildman–Crippen LogP) is 3.60. The Kier molecular flexibility index (Phi) is 5.19. The number of benzene rings is 2. The van der Waals surface area contributed by atoms with Gasteiger partial charge < -0.3 is 4.74 Å². The molecule has 1 heterocycles. The molecule has 26 heavy (non-hydrogen) atoms. The van der Waals surface area contributed by atoms with E-state index in [1.165, 1.54) is 12.1 Å². The van der Waals surface area contributed by atoms with Gasteiger partial charge in [-0.15, -0.1) is 0 Å². The van der Waals surface area contributed by atoms with Gasteiger partial charge in [-0.2, -0.15) is 5.26 Å². The highest BCUT2D eigenvalue weighted by Gasteiger charge is 2.19. The van der Waals surface area contributed by atoms with Crippen molar-refractivity contribution in [2.45, 2.75) is 11.8 Å². The summed E-state index contributed by atoms with van der Waals surface area (Å²) in [5, 5.41) is 9.83. The van der Waals surface area contributed by atoms with Crippen LogP contribution in [-0.2, 0) is 9.84 Å². The number of rotatable bonds is 6. The van der Waals surface area contributed by atoms with Crippen LogP contribution in [0.5, 0.6) is 5.75 Å². The molecular weight excluding hydrogens is 348 g/mol. The van der Waals surface area contributed by atoms with Crippen LogP contribution in [0.3, 0.4) is 0 Å². The van der Waals surface area contributed by atoms with Gasteiger partial charge in [0.1, 0.15) is 5.75 Å². The Balaban J connectivity index is 1.70. The zero-order valence-electron chi connectivity index (χ0n) is 14.3. The van der Waals surface area contributed by atoms with E-state index in [0.29, 0.717) is 11.3 Å². The Morgan fingerprint density at radius 2 is 1.96 bits per heavy atom. The molecule has 0 radical (unpaired) electrons. The summed E-state index contributed by atoms with van der Waals surface area (Å²) in [7, 11) is -3.48. The summed E-state index contributed by atoms with van der Waals surface area (Å²) in [6, 6.07) is 17.4. The highest BCUT2D eigenvalue weighted by Crippen LogP contribution is 2.24. The van der Waals surface area contributed by atoms with Crippen molar-refractivity contribution >= 4 is 20.7 Å². The van der Waals surface area contributed by atoms with Crippen LogP contribution in [0.25, 0.3) is 10.9 Å². The molecule has 6 heteroatoms. The maximum absolute atomic E-state index is 12.6. The third-order valence-corrected chi connectivity index (χ3v) is 5.94. The van der Waals surface area contributed by atoms with Crippen LogP contribution in [0.15, 0.2) is 65.7 Å². The minimum Gasteiger partial charge on any atom is -0.493 e. The second kappa shape index (κ2) is 7.54. The summed E-state index contributed by atoms with van der Waals surface area (Å²) in [6.07, 6.45) is 1.72. The highest BCUT2D eigenvalue weighted by atomic mass is 32.2. The lowest BCUT2D eigenvalue weighted by atomic mass is 10.2. The van der Waals surface area contributed by atoms with Gasteiger partial charge in [-0.25, -0.2) is 8.42 Å². The second-order valence-electron chi connectivity index (χ2n) is 6.16. The number of pyridine rings is 1. The highest BCUT2D eigenvalue weighted by molar-refractivity contribution is 7.91. The van der Waals surface area contributed by atoms with E-state index in [0.717, 1.165) is 10.9 Å². The molecule has 0 aliphatic rings. The van der Waals surface area contributed by atoms with E-state index in [2.05, 4.69) is 4.98 Å². The van der Waals surface area contributed by atoms with Crippen LogP contribution in [-0.4, -0.2) is 25.8 Å². The summed E-state index contributed by atoms with van der Waals surface area (Å²) >= 11 is 0. The number of hydrogen-bond acceptors (Lipinski definition) is 5. The molecule has 0 aliphatic heterocycles. The predicted molar refractivity (Wildman–Crippen MR) is 99.6 cm³/mol. The Hall–Kier alpha value is -2.91. The summed E-state index contributed by atoms with van der Waals surface area (Å²) in [5.74, 6) is 0.425. The quantitative estimate of drug-likeness (QED) is 0.666. The van der Waals surface area contributed by atoms with Crippen molar-refractivity contribution in [3.8, 4) is 11.8 Å². The number of nitrogens with zero attached hydrogens (tertiary/aromatic N) is 2. The van der Waals surface area contributed by atoms with E-state index in [1.807, 2.05) is 43.3 Å². The molecule has 0 bridgehead atoms. The maximum atomic E-state index is 12.6. The van der Waals surface area contributed by atoms with Gasteiger partial charge in [-0.3, -0.25) is 4.98 Å². The molecular formula is C20H18N2O3S. The van der Waals surface area contributed by atoms with E-state index in [9.17, 15) is 8.42 Å². The van der Waals surface area contributed by atoms with E-state index >= 15 is 0 Å². The number of nitriles is 1. The molecule has 2 aromatic carbocycles. The van der Waals surface area contributed by atoms with Crippen LogP contribution >= 0.6 is 0 Å². The van der Waals surface area contributed by atoms with Crippen molar-refractivity contribution in [1.82, 2.24) is 4.98 Å². The molecule has 3 aromatic rings. The monoisotopic (exact) mass is 366 g/mol. The molecule has 0 unspecified atom stereocenters. The summed E-state index contributed by atoms with van der Waals surface area (Å²) in [4.78, 5) is 4.45. The molecule has 0 saturated heterocycles. The van der Waals surface area contributed by atoms with Gasteiger partial charge in [0.2, 0.25) is 0 Å². The minimum atomic E-state index is -3.48. The molecule has 0 spiro atoms. The van der Waals surface area contributed by atoms with E-state index in [-0.39, 0.29) is 23.2 Å². The summed E-state index contributed by atoms with van der Waals surface area (Å²) < 4.78 is 31.0. The molecule has 5 nitrogen and oxygen atoms in total. The van der Waals surface area contributed by atoms with Crippen LogP contribution < -0.4 is 4.74 Å². The van der Waals surface area contributed by atoms with E-state index in [1.54, 1.807) is 18.3 Å². The van der Waals surface area contributed by atoms with Crippen molar-refractivity contribution in [2.24, 2.45) is 5.92 Å². The Morgan fingerprint density at radius 1 is 1.15 bits per heavy atom. The van der Waals surface area contributed by atoms with Crippen LogP contribution in [0.1, 0.15) is 12.5 Å². The van der Waals surface area contributed by atoms with Gasteiger partial charge in [-0.1, -0.05) is 19.1 Å². The van der Waals surface area contributed by atoms with Gasteiger partial charge in [0.25, 0.3) is 0 Å². The fraction of sp³-hybridized carbons (Fsp3) is 0.200. The zero-order valence-corrected chi connectivity index (χ0v) is 15.1. The van der Waals surface area contributed by atoms with Crippen molar-refractivity contribution < 1.29 is 13.2 Å². The lowest BCUT2D eigenvalue weighted by Crippen LogP contribution is -2.20. The first kappa shape index (κ1) is 17.9. The number of hydrogen-bond donors (Lipinski definition) is 0. The molecule has 0 amide bonds.